The van der Waals surface area contributed by atoms with E-state index < -0.39 is 0 Å². The monoisotopic (exact) mass is 214 g/mol. The van der Waals surface area contributed by atoms with Crippen molar-refractivity contribution in [3.63, 3.8) is 0 Å². The van der Waals surface area contributed by atoms with Crippen molar-refractivity contribution in [2.45, 2.75) is 19.6 Å². The molecule has 0 saturated carbocycles. The summed E-state index contributed by atoms with van der Waals surface area (Å²) < 4.78 is 5.10. The first kappa shape index (κ1) is 11.6. The predicted molar refractivity (Wildman–Crippen MR) is 60.7 cm³/mol. The molecule has 1 heterocycles. The number of hydrogen-bond acceptors (Lipinski definition) is 4. The summed E-state index contributed by atoms with van der Waals surface area (Å²) in [7, 11) is 4.19. The van der Waals surface area contributed by atoms with Crippen LogP contribution in [0.1, 0.15) is 17.0 Å². The summed E-state index contributed by atoms with van der Waals surface area (Å²) in [6, 6.07) is 0. The Bertz CT molecular complexity index is 264. The highest BCUT2D eigenvalue weighted by molar-refractivity contribution is 7.98. The molecule has 0 saturated heterocycles. The van der Waals surface area contributed by atoms with Crippen LogP contribution in [0.5, 0.6) is 0 Å². The lowest BCUT2D eigenvalue weighted by Gasteiger charge is -2.08. The molecule has 0 bridgehead atoms. The van der Waals surface area contributed by atoms with E-state index in [4.69, 9.17) is 4.52 Å². The summed E-state index contributed by atoms with van der Waals surface area (Å²) in [5.74, 6) is 3.12. The molecular weight excluding hydrogens is 196 g/mol. The van der Waals surface area contributed by atoms with E-state index in [9.17, 15) is 0 Å². The van der Waals surface area contributed by atoms with Crippen LogP contribution in [-0.2, 0) is 5.75 Å². The average Bonchev–Trinajstić information content (AvgIpc) is 2.42. The molecule has 1 aromatic rings. The van der Waals surface area contributed by atoms with Crippen LogP contribution in [0.3, 0.4) is 0 Å². The van der Waals surface area contributed by atoms with Gasteiger partial charge in [0.25, 0.3) is 0 Å². The zero-order valence-electron chi connectivity index (χ0n) is 9.33. The summed E-state index contributed by atoms with van der Waals surface area (Å²) in [4.78, 5) is 2.19. The van der Waals surface area contributed by atoms with Gasteiger partial charge in [-0.15, -0.1) is 0 Å². The molecule has 1 rings (SSSR count). The third kappa shape index (κ3) is 3.35. The minimum absolute atomic E-state index is 0.958. The lowest BCUT2D eigenvalue weighted by molar-refractivity contribution is 0.392. The lowest BCUT2D eigenvalue weighted by atomic mass is 10.2. The quantitative estimate of drug-likeness (QED) is 0.702. The highest BCUT2D eigenvalue weighted by Gasteiger charge is 2.07. The molecule has 0 N–H and O–H groups in total. The first-order valence-corrected chi connectivity index (χ1v) is 5.91. The second-order valence-electron chi connectivity index (χ2n) is 3.66. The fourth-order valence-electron chi connectivity index (χ4n) is 1.13. The Morgan fingerprint density at radius 3 is 2.57 bits per heavy atom. The average molecular weight is 214 g/mol. The molecule has 0 aliphatic rings. The van der Waals surface area contributed by atoms with E-state index >= 15 is 0 Å². The van der Waals surface area contributed by atoms with Crippen LogP contribution < -0.4 is 0 Å². The van der Waals surface area contributed by atoms with Gasteiger partial charge in [-0.3, -0.25) is 0 Å². The van der Waals surface area contributed by atoms with Gasteiger partial charge in [-0.1, -0.05) is 5.16 Å². The van der Waals surface area contributed by atoms with Gasteiger partial charge >= 0.3 is 0 Å². The number of thioether (sulfide) groups is 1. The van der Waals surface area contributed by atoms with E-state index in [1.165, 1.54) is 5.56 Å². The predicted octanol–water partition coefficient (Wildman–Crippen LogP) is 2.09. The number of hydrogen-bond donors (Lipinski definition) is 0. The van der Waals surface area contributed by atoms with Gasteiger partial charge in [0.1, 0.15) is 5.76 Å². The maximum atomic E-state index is 5.10. The van der Waals surface area contributed by atoms with Gasteiger partial charge in [-0.05, 0) is 27.9 Å². The molecular formula is C10H18N2OS. The van der Waals surface area contributed by atoms with Gasteiger partial charge in [0.05, 0.1) is 5.69 Å². The molecule has 0 radical (unpaired) electrons. The Morgan fingerprint density at radius 2 is 2.07 bits per heavy atom. The maximum Gasteiger partial charge on any atom is 0.137 e. The molecule has 80 valence electrons. The van der Waals surface area contributed by atoms with Crippen molar-refractivity contribution in [2.75, 3.05) is 26.4 Å². The van der Waals surface area contributed by atoms with Crippen LogP contribution in [0.25, 0.3) is 0 Å². The Morgan fingerprint density at radius 1 is 1.36 bits per heavy atom. The molecule has 14 heavy (non-hydrogen) atoms. The minimum Gasteiger partial charge on any atom is -0.361 e. The fraction of sp³-hybridized carbons (Fsp3) is 0.700. The van der Waals surface area contributed by atoms with Crippen molar-refractivity contribution >= 4 is 11.8 Å². The summed E-state index contributed by atoms with van der Waals surface area (Å²) in [5.41, 5.74) is 2.29. The normalized spacial score (nSPS) is 11.2. The van der Waals surface area contributed by atoms with Crippen LogP contribution >= 0.6 is 11.8 Å². The third-order valence-corrected chi connectivity index (χ3v) is 3.07. The molecule has 0 spiro atoms. The number of aromatic nitrogens is 1. The van der Waals surface area contributed by atoms with E-state index in [-0.39, 0.29) is 0 Å². The van der Waals surface area contributed by atoms with Crippen LogP contribution in [-0.4, -0.2) is 36.4 Å². The van der Waals surface area contributed by atoms with Crippen molar-refractivity contribution in [1.82, 2.24) is 10.1 Å². The largest absolute Gasteiger partial charge is 0.361 e. The van der Waals surface area contributed by atoms with Gasteiger partial charge in [0.2, 0.25) is 0 Å². The molecule has 0 aliphatic heterocycles. The highest BCUT2D eigenvalue weighted by atomic mass is 32.2. The van der Waals surface area contributed by atoms with E-state index in [0.29, 0.717) is 0 Å². The molecule has 1 aromatic heterocycles. The Kier molecular flexibility index (Phi) is 4.48. The fourth-order valence-corrected chi connectivity index (χ4v) is 2.38. The zero-order valence-corrected chi connectivity index (χ0v) is 10.1. The van der Waals surface area contributed by atoms with Gasteiger partial charge < -0.3 is 9.42 Å². The lowest BCUT2D eigenvalue weighted by Crippen LogP contribution is -2.14. The van der Waals surface area contributed by atoms with Crippen LogP contribution in [0.15, 0.2) is 4.52 Å². The Balaban J connectivity index is 2.31. The first-order chi connectivity index (χ1) is 6.61. The van der Waals surface area contributed by atoms with Crippen molar-refractivity contribution in [2.24, 2.45) is 0 Å². The van der Waals surface area contributed by atoms with Crippen molar-refractivity contribution in [3.05, 3.63) is 17.0 Å². The minimum atomic E-state index is 0.958. The summed E-state index contributed by atoms with van der Waals surface area (Å²) in [6.45, 7) is 5.09. The molecule has 0 aliphatic carbocycles. The smallest absolute Gasteiger partial charge is 0.137 e. The van der Waals surface area contributed by atoms with Crippen LogP contribution in [0, 0.1) is 13.8 Å². The maximum absolute atomic E-state index is 5.10. The Hall–Kier alpha value is -0.480. The van der Waals surface area contributed by atoms with Gasteiger partial charge in [-0.25, -0.2) is 0 Å². The molecule has 4 heteroatoms. The van der Waals surface area contributed by atoms with Crippen molar-refractivity contribution < 1.29 is 4.52 Å². The second-order valence-corrected chi connectivity index (χ2v) is 4.76. The molecule has 0 atom stereocenters. The van der Waals surface area contributed by atoms with Crippen molar-refractivity contribution in [1.29, 1.82) is 0 Å². The zero-order chi connectivity index (χ0) is 10.6. The van der Waals surface area contributed by atoms with E-state index in [1.54, 1.807) is 0 Å². The van der Waals surface area contributed by atoms with E-state index in [0.717, 1.165) is 29.5 Å². The number of aryl methyl sites for hydroxylation is 2. The molecule has 0 fully saturated rings. The highest BCUT2D eigenvalue weighted by Crippen LogP contribution is 2.19. The standard InChI is InChI=1S/C10H18N2OS/c1-8-10(9(2)13-11-8)7-14-6-5-12(3)4/h5-7H2,1-4H3. The third-order valence-electron chi connectivity index (χ3n) is 2.11. The molecule has 0 unspecified atom stereocenters. The van der Waals surface area contributed by atoms with Crippen LogP contribution in [0.2, 0.25) is 0 Å². The topological polar surface area (TPSA) is 29.3 Å². The second kappa shape index (κ2) is 5.41. The molecule has 3 nitrogen and oxygen atoms in total. The Labute approximate surface area is 89.8 Å². The van der Waals surface area contributed by atoms with E-state index in [1.807, 2.05) is 25.6 Å². The first-order valence-electron chi connectivity index (χ1n) is 4.75. The molecule has 0 amide bonds. The summed E-state index contributed by atoms with van der Waals surface area (Å²) in [5, 5.41) is 3.93. The number of rotatable bonds is 5. The van der Waals surface area contributed by atoms with E-state index in [2.05, 4.69) is 24.2 Å². The van der Waals surface area contributed by atoms with Crippen LogP contribution in [0.4, 0.5) is 0 Å². The summed E-state index contributed by atoms with van der Waals surface area (Å²) in [6.07, 6.45) is 0. The van der Waals surface area contributed by atoms with Gasteiger partial charge in [0, 0.05) is 23.6 Å². The molecule has 0 aromatic carbocycles. The summed E-state index contributed by atoms with van der Waals surface area (Å²) >= 11 is 1.93. The van der Waals surface area contributed by atoms with Gasteiger partial charge in [-0.2, -0.15) is 11.8 Å². The van der Waals surface area contributed by atoms with Gasteiger partial charge in [0.15, 0.2) is 0 Å². The SMILES string of the molecule is Cc1noc(C)c1CSCCN(C)C. The van der Waals surface area contributed by atoms with Crippen molar-refractivity contribution in [3.8, 4) is 0 Å². The number of nitrogens with zero attached hydrogens (tertiary/aromatic N) is 2.